The summed E-state index contributed by atoms with van der Waals surface area (Å²) in [5.74, 6) is 2.09. The minimum atomic E-state index is -0.513. The van der Waals surface area contributed by atoms with Crippen LogP contribution in [0.4, 0.5) is 5.82 Å². The summed E-state index contributed by atoms with van der Waals surface area (Å²) >= 11 is 0. The van der Waals surface area contributed by atoms with Gasteiger partial charge in [0.05, 0.1) is 30.2 Å². The maximum absolute atomic E-state index is 11.6. The lowest BCUT2D eigenvalue weighted by Crippen LogP contribution is -2.42. The smallest absolute Gasteiger partial charge is 0.337 e. The third-order valence-corrected chi connectivity index (χ3v) is 6.00. The molecule has 2 fully saturated rings. The molecule has 0 amide bonds. The number of aliphatic hydroxyl groups is 1. The molecular formula is C22H27N3O4. The van der Waals surface area contributed by atoms with Crippen molar-refractivity contribution in [1.29, 1.82) is 0 Å². The molecule has 1 saturated heterocycles. The third kappa shape index (κ3) is 4.05. The van der Waals surface area contributed by atoms with Gasteiger partial charge < -0.3 is 19.5 Å². The molecule has 0 unspecified atom stereocenters. The van der Waals surface area contributed by atoms with Crippen LogP contribution in [0, 0.1) is 25.7 Å². The number of fused-ring (bicyclic) bond motifs is 1. The standard InChI is InChI=1S/C22H27N3O4/c1-13-10-23-14(2)21(24-13)25-11-16-8-19(26)20(9-17(16)12-25)29-18-6-4-15(5-7-18)22(27)28-3/h4-7,10,16-17,19-20,26H,8-9,11-12H2,1-3H3/t16-,17+,19+,20+/m0/s1. The highest BCUT2D eigenvalue weighted by Gasteiger charge is 2.43. The number of aryl methyl sites for hydroxylation is 2. The Labute approximate surface area is 170 Å². The fourth-order valence-electron chi connectivity index (χ4n) is 4.48. The zero-order chi connectivity index (χ0) is 20.5. The number of hydrogen-bond donors (Lipinski definition) is 1. The highest BCUT2D eigenvalue weighted by molar-refractivity contribution is 5.89. The van der Waals surface area contributed by atoms with Crippen LogP contribution >= 0.6 is 0 Å². The van der Waals surface area contributed by atoms with Crippen LogP contribution in [0.3, 0.4) is 0 Å². The number of rotatable bonds is 4. The summed E-state index contributed by atoms with van der Waals surface area (Å²) < 4.78 is 10.8. The van der Waals surface area contributed by atoms with Crippen molar-refractivity contribution in [2.45, 2.75) is 38.9 Å². The molecule has 2 aliphatic rings. The zero-order valence-corrected chi connectivity index (χ0v) is 17.0. The van der Waals surface area contributed by atoms with Crippen LogP contribution in [-0.2, 0) is 4.74 Å². The molecule has 0 bridgehead atoms. The van der Waals surface area contributed by atoms with Gasteiger partial charge in [0.2, 0.25) is 0 Å². The van der Waals surface area contributed by atoms with Crippen LogP contribution < -0.4 is 9.64 Å². The molecule has 4 atom stereocenters. The Morgan fingerprint density at radius 3 is 2.52 bits per heavy atom. The maximum atomic E-state index is 11.6. The summed E-state index contributed by atoms with van der Waals surface area (Å²) in [6, 6.07) is 6.85. The van der Waals surface area contributed by atoms with E-state index in [2.05, 4.69) is 14.9 Å². The van der Waals surface area contributed by atoms with Gasteiger partial charge in [0.1, 0.15) is 17.7 Å². The maximum Gasteiger partial charge on any atom is 0.337 e. The molecule has 7 nitrogen and oxygen atoms in total. The van der Waals surface area contributed by atoms with E-state index >= 15 is 0 Å². The van der Waals surface area contributed by atoms with Gasteiger partial charge in [-0.1, -0.05) is 0 Å². The van der Waals surface area contributed by atoms with E-state index in [4.69, 9.17) is 9.47 Å². The number of carbonyl (C=O) groups is 1. The molecule has 0 radical (unpaired) electrons. The quantitative estimate of drug-likeness (QED) is 0.794. The summed E-state index contributed by atoms with van der Waals surface area (Å²) in [5.41, 5.74) is 2.33. The number of methoxy groups -OCH3 is 1. The minimum Gasteiger partial charge on any atom is -0.488 e. The number of aliphatic hydroxyl groups excluding tert-OH is 1. The largest absolute Gasteiger partial charge is 0.488 e. The molecule has 1 aliphatic heterocycles. The van der Waals surface area contributed by atoms with Crippen LogP contribution in [0.1, 0.15) is 34.6 Å². The van der Waals surface area contributed by atoms with Gasteiger partial charge in [0.15, 0.2) is 0 Å². The Hall–Kier alpha value is -2.67. The molecule has 1 saturated carbocycles. The van der Waals surface area contributed by atoms with Gasteiger partial charge in [0.25, 0.3) is 0 Å². The van der Waals surface area contributed by atoms with Crippen molar-refractivity contribution in [3.63, 3.8) is 0 Å². The van der Waals surface area contributed by atoms with Gasteiger partial charge in [0, 0.05) is 19.3 Å². The van der Waals surface area contributed by atoms with Crippen LogP contribution in [0.2, 0.25) is 0 Å². The van der Waals surface area contributed by atoms with E-state index < -0.39 is 6.10 Å². The fourth-order valence-corrected chi connectivity index (χ4v) is 4.48. The summed E-state index contributed by atoms with van der Waals surface area (Å²) in [4.78, 5) is 23.0. The first-order valence-electron chi connectivity index (χ1n) is 10.0. The van der Waals surface area contributed by atoms with E-state index in [0.717, 1.165) is 36.7 Å². The van der Waals surface area contributed by atoms with E-state index in [0.29, 0.717) is 29.6 Å². The lowest BCUT2D eigenvalue weighted by Gasteiger charge is -2.35. The second-order valence-corrected chi connectivity index (χ2v) is 8.06. The molecule has 154 valence electrons. The predicted octanol–water partition coefficient (Wildman–Crippen LogP) is 2.53. The average molecular weight is 397 g/mol. The molecule has 1 aromatic heterocycles. The monoisotopic (exact) mass is 397 g/mol. The first-order chi connectivity index (χ1) is 13.9. The van der Waals surface area contributed by atoms with Gasteiger partial charge >= 0.3 is 5.97 Å². The van der Waals surface area contributed by atoms with Gasteiger partial charge in [-0.05, 0) is 62.8 Å². The van der Waals surface area contributed by atoms with Crippen molar-refractivity contribution in [3.05, 3.63) is 47.4 Å². The molecule has 4 rings (SSSR count). The molecule has 29 heavy (non-hydrogen) atoms. The first-order valence-corrected chi connectivity index (χ1v) is 10.0. The van der Waals surface area contributed by atoms with Gasteiger partial charge in [-0.3, -0.25) is 4.98 Å². The molecule has 2 aromatic rings. The summed E-state index contributed by atoms with van der Waals surface area (Å²) in [6.45, 7) is 5.74. The van der Waals surface area contributed by atoms with Crippen LogP contribution in [0.5, 0.6) is 5.75 Å². The van der Waals surface area contributed by atoms with E-state index in [1.807, 2.05) is 13.8 Å². The second kappa shape index (κ2) is 7.99. The first kappa shape index (κ1) is 19.6. The van der Waals surface area contributed by atoms with Gasteiger partial charge in [-0.25, -0.2) is 9.78 Å². The fraction of sp³-hybridized carbons (Fsp3) is 0.500. The highest BCUT2D eigenvalue weighted by Crippen LogP contribution is 2.39. The molecule has 7 heteroatoms. The Morgan fingerprint density at radius 2 is 1.83 bits per heavy atom. The van der Waals surface area contributed by atoms with E-state index in [1.165, 1.54) is 7.11 Å². The Balaban J connectivity index is 1.43. The Bertz CT molecular complexity index is 886. The molecule has 1 aliphatic carbocycles. The third-order valence-electron chi connectivity index (χ3n) is 6.00. The lowest BCUT2D eigenvalue weighted by atomic mass is 9.78. The lowest BCUT2D eigenvalue weighted by molar-refractivity contribution is -0.0231. The number of nitrogens with zero attached hydrogens (tertiary/aromatic N) is 3. The molecule has 1 aromatic carbocycles. The predicted molar refractivity (Wildman–Crippen MR) is 108 cm³/mol. The summed E-state index contributed by atoms with van der Waals surface area (Å²) in [5, 5.41) is 10.7. The zero-order valence-electron chi connectivity index (χ0n) is 17.0. The normalized spacial score (nSPS) is 26.1. The number of esters is 1. The minimum absolute atomic E-state index is 0.259. The molecular weight excluding hydrogens is 370 g/mol. The highest BCUT2D eigenvalue weighted by atomic mass is 16.5. The number of ether oxygens (including phenoxy) is 2. The van der Waals surface area contributed by atoms with Crippen molar-refractivity contribution in [1.82, 2.24) is 9.97 Å². The van der Waals surface area contributed by atoms with Crippen molar-refractivity contribution in [3.8, 4) is 5.75 Å². The van der Waals surface area contributed by atoms with Gasteiger partial charge in [-0.2, -0.15) is 0 Å². The van der Waals surface area contributed by atoms with Crippen molar-refractivity contribution < 1.29 is 19.4 Å². The van der Waals surface area contributed by atoms with Crippen molar-refractivity contribution in [2.24, 2.45) is 11.8 Å². The number of carbonyl (C=O) groups excluding carboxylic acids is 1. The number of anilines is 1. The number of aromatic nitrogens is 2. The van der Waals surface area contributed by atoms with Gasteiger partial charge in [-0.15, -0.1) is 0 Å². The van der Waals surface area contributed by atoms with E-state index in [1.54, 1.807) is 30.5 Å². The number of hydrogen-bond acceptors (Lipinski definition) is 7. The van der Waals surface area contributed by atoms with Crippen molar-refractivity contribution >= 4 is 11.8 Å². The number of benzene rings is 1. The average Bonchev–Trinajstić information content (AvgIpc) is 3.12. The molecule has 2 heterocycles. The summed E-state index contributed by atoms with van der Waals surface area (Å²) in [6.07, 6.45) is 2.52. The van der Waals surface area contributed by atoms with Crippen molar-refractivity contribution in [2.75, 3.05) is 25.1 Å². The second-order valence-electron chi connectivity index (χ2n) is 8.06. The van der Waals surface area contributed by atoms with E-state index in [-0.39, 0.29) is 12.1 Å². The molecule has 1 N–H and O–H groups in total. The summed E-state index contributed by atoms with van der Waals surface area (Å²) in [7, 11) is 1.36. The molecule has 0 spiro atoms. The van der Waals surface area contributed by atoms with Crippen LogP contribution in [0.25, 0.3) is 0 Å². The van der Waals surface area contributed by atoms with E-state index in [9.17, 15) is 9.90 Å². The van der Waals surface area contributed by atoms with Crippen LogP contribution in [-0.4, -0.2) is 53.5 Å². The SMILES string of the molecule is COC(=O)c1ccc(O[C@@H]2C[C@@H]3CN(c4nc(C)cnc4C)C[C@@H]3C[C@H]2O)cc1. The Kier molecular flexibility index (Phi) is 5.41. The Morgan fingerprint density at radius 1 is 1.14 bits per heavy atom. The topological polar surface area (TPSA) is 84.8 Å². The van der Waals surface area contributed by atoms with Crippen LogP contribution in [0.15, 0.2) is 30.5 Å².